The number of anilines is 1. The van der Waals surface area contributed by atoms with Gasteiger partial charge in [-0.05, 0) is 19.8 Å². The summed E-state index contributed by atoms with van der Waals surface area (Å²) in [6.07, 6.45) is 4.45. The first-order valence-corrected chi connectivity index (χ1v) is 7.11. The summed E-state index contributed by atoms with van der Waals surface area (Å²) < 4.78 is 28.2. The molecule has 1 fully saturated rings. The summed E-state index contributed by atoms with van der Waals surface area (Å²) in [6, 6.07) is 0.301. The minimum atomic E-state index is -2.86. The van der Waals surface area contributed by atoms with Gasteiger partial charge in [0.05, 0.1) is 11.9 Å². The second-order valence-corrected chi connectivity index (χ2v) is 5.72. The number of aromatic amines is 1. The van der Waals surface area contributed by atoms with E-state index in [-0.39, 0.29) is 12.1 Å². The van der Waals surface area contributed by atoms with Crippen molar-refractivity contribution in [1.82, 2.24) is 20.2 Å². The average molecular weight is 291 g/mol. The van der Waals surface area contributed by atoms with E-state index in [0.29, 0.717) is 29.7 Å². The van der Waals surface area contributed by atoms with Gasteiger partial charge in [0.15, 0.2) is 0 Å². The minimum absolute atomic E-state index is 0.109. The van der Waals surface area contributed by atoms with Gasteiger partial charge in [-0.3, -0.25) is 5.10 Å². The Kier molecular flexibility index (Phi) is 2.55. The van der Waals surface area contributed by atoms with Gasteiger partial charge in [-0.25, -0.2) is 9.97 Å². The van der Waals surface area contributed by atoms with E-state index in [0.717, 1.165) is 18.5 Å². The standard InChI is InChI=1S/C14H15F2N5/c1-8-3-5-21(8)13-19-11(9-6-17-18-7-9)10-2-4-14(15,16)12(10)20-13/h6-8H,2-5H2,1H3,(H,17,18)/t8-/m0/s1. The van der Waals surface area contributed by atoms with Gasteiger partial charge in [0.1, 0.15) is 5.69 Å². The van der Waals surface area contributed by atoms with Gasteiger partial charge in [-0.2, -0.15) is 13.9 Å². The number of nitrogens with one attached hydrogen (secondary N) is 1. The molecule has 2 aromatic rings. The van der Waals surface area contributed by atoms with Crippen LogP contribution in [0.25, 0.3) is 11.3 Å². The Hall–Kier alpha value is -2.05. The molecule has 0 amide bonds. The zero-order valence-electron chi connectivity index (χ0n) is 11.6. The van der Waals surface area contributed by atoms with E-state index in [1.807, 2.05) is 4.90 Å². The molecule has 0 saturated carbocycles. The molecule has 1 N–H and O–H groups in total. The van der Waals surface area contributed by atoms with E-state index in [9.17, 15) is 8.78 Å². The summed E-state index contributed by atoms with van der Waals surface area (Å²) in [5.74, 6) is -2.45. The molecule has 0 radical (unpaired) electrons. The number of aromatic nitrogens is 4. The molecule has 5 nitrogen and oxygen atoms in total. The fourth-order valence-electron chi connectivity index (χ4n) is 2.97. The molecule has 4 rings (SSSR count). The van der Waals surface area contributed by atoms with Gasteiger partial charge < -0.3 is 4.90 Å². The Morgan fingerprint density at radius 2 is 2.24 bits per heavy atom. The SMILES string of the molecule is C[C@H]1CCN1c1nc(-c2cn[nH]c2)c2c(n1)C(F)(F)CC2. The predicted octanol–water partition coefficient (Wildman–Crippen LogP) is 2.50. The van der Waals surface area contributed by atoms with Crippen molar-refractivity contribution in [2.75, 3.05) is 11.4 Å². The number of halogens is 2. The summed E-state index contributed by atoms with van der Waals surface area (Å²) in [5, 5.41) is 6.61. The van der Waals surface area contributed by atoms with Crippen LogP contribution in [0.2, 0.25) is 0 Å². The fraction of sp³-hybridized carbons (Fsp3) is 0.500. The lowest BCUT2D eigenvalue weighted by atomic mass is 10.1. The van der Waals surface area contributed by atoms with E-state index in [4.69, 9.17) is 0 Å². The molecular formula is C14H15F2N5. The molecule has 0 unspecified atom stereocenters. The van der Waals surface area contributed by atoms with Gasteiger partial charge in [0, 0.05) is 36.3 Å². The fourth-order valence-corrected chi connectivity index (χ4v) is 2.97. The van der Waals surface area contributed by atoms with Crippen LogP contribution >= 0.6 is 0 Å². The van der Waals surface area contributed by atoms with Crippen LogP contribution in [0.1, 0.15) is 31.0 Å². The summed E-state index contributed by atoms with van der Waals surface area (Å²) >= 11 is 0. The number of rotatable bonds is 2. The van der Waals surface area contributed by atoms with Gasteiger partial charge in [-0.15, -0.1) is 0 Å². The van der Waals surface area contributed by atoms with Crippen molar-refractivity contribution in [3.05, 3.63) is 23.7 Å². The van der Waals surface area contributed by atoms with Crippen molar-refractivity contribution in [2.45, 2.75) is 38.2 Å². The zero-order valence-corrected chi connectivity index (χ0v) is 11.6. The van der Waals surface area contributed by atoms with E-state index in [2.05, 4.69) is 27.1 Å². The van der Waals surface area contributed by atoms with Crippen LogP contribution in [0.3, 0.4) is 0 Å². The highest BCUT2D eigenvalue weighted by Crippen LogP contribution is 2.44. The lowest BCUT2D eigenvalue weighted by Crippen LogP contribution is -2.47. The van der Waals surface area contributed by atoms with Crippen molar-refractivity contribution in [2.24, 2.45) is 0 Å². The van der Waals surface area contributed by atoms with Crippen LogP contribution in [-0.2, 0) is 12.3 Å². The van der Waals surface area contributed by atoms with E-state index in [1.165, 1.54) is 0 Å². The second kappa shape index (κ2) is 4.22. The highest BCUT2D eigenvalue weighted by Gasteiger charge is 2.44. The molecule has 3 heterocycles. The first kappa shape index (κ1) is 12.7. The van der Waals surface area contributed by atoms with Crippen LogP contribution in [0, 0.1) is 0 Å². The Labute approximate surface area is 120 Å². The third-order valence-electron chi connectivity index (χ3n) is 4.38. The van der Waals surface area contributed by atoms with Crippen LogP contribution < -0.4 is 4.90 Å². The number of hydrogen-bond acceptors (Lipinski definition) is 4. The van der Waals surface area contributed by atoms with Crippen molar-refractivity contribution in [1.29, 1.82) is 0 Å². The van der Waals surface area contributed by atoms with E-state index < -0.39 is 5.92 Å². The summed E-state index contributed by atoms with van der Waals surface area (Å²) in [5.41, 5.74) is 1.77. The average Bonchev–Trinajstić information content (AvgIpc) is 3.06. The van der Waals surface area contributed by atoms with E-state index >= 15 is 0 Å². The Morgan fingerprint density at radius 3 is 2.86 bits per heavy atom. The normalized spacial score (nSPS) is 23.0. The molecule has 110 valence electrons. The Morgan fingerprint density at radius 1 is 1.38 bits per heavy atom. The van der Waals surface area contributed by atoms with E-state index in [1.54, 1.807) is 12.4 Å². The van der Waals surface area contributed by atoms with Crippen molar-refractivity contribution < 1.29 is 8.78 Å². The minimum Gasteiger partial charge on any atom is -0.338 e. The molecule has 1 aliphatic carbocycles. The molecule has 1 atom stereocenters. The molecule has 21 heavy (non-hydrogen) atoms. The largest absolute Gasteiger partial charge is 0.338 e. The Bertz CT molecular complexity index is 683. The first-order chi connectivity index (χ1) is 10.1. The first-order valence-electron chi connectivity index (χ1n) is 7.11. The van der Waals surface area contributed by atoms with Crippen molar-refractivity contribution in [3.8, 4) is 11.3 Å². The molecule has 0 bridgehead atoms. The van der Waals surface area contributed by atoms with Gasteiger partial charge in [0.25, 0.3) is 5.92 Å². The third-order valence-corrected chi connectivity index (χ3v) is 4.38. The number of hydrogen-bond donors (Lipinski definition) is 1. The molecule has 2 aliphatic rings. The summed E-state index contributed by atoms with van der Waals surface area (Å²) in [7, 11) is 0. The number of H-pyrrole nitrogens is 1. The van der Waals surface area contributed by atoms with Gasteiger partial charge in [0.2, 0.25) is 5.95 Å². The molecule has 2 aromatic heterocycles. The maximum atomic E-state index is 14.1. The molecule has 1 aliphatic heterocycles. The summed E-state index contributed by atoms with van der Waals surface area (Å²) in [4.78, 5) is 10.7. The highest BCUT2D eigenvalue weighted by molar-refractivity contribution is 5.66. The highest BCUT2D eigenvalue weighted by atomic mass is 19.3. The maximum absolute atomic E-state index is 14.1. The molecule has 1 saturated heterocycles. The molecular weight excluding hydrogens is 276 g/mol. The maximum Gasteiger partial charge on any atom is 0.290 e. The second-order valence-electron chi connectivity index (χ2n) is 5.72. The number of fused-ring (bicyclic) bond motifs is 1. The smallest absolute Gasteiger partial charge is 0.290 e. The summed E-state index contributed by atoms with van der Waals surface area (Å²) in [6.45, 7) is 2.87. The Balaban J connectivity index is 1.90. The monoisotopic (exact) mass is 291 g/mol. The zero-order chi connectivity index (χ0) is 14.6. The van der Waals surface area contributed by atoms with Crippen LogP contribution in [0.5, 0.6) is 0 Å². The lowest BCUT2D eigenvalue weighted by molar-refractivity contribution is -0.00595. The quantitative estimate of drug-likeness (QED) is 0.923. The van der Waals surface area contributed by atoms with Gasteiger partial charge >= 0.3 is 0 Å². The van der Waals surface area contributed by atoms with Gasteiger partial charge in [-0.1, -0.05) is 0 Å². The number of alkyl halides is 2. The predicted molar refractivity (Wildman–Crippen MR) is 73.3 cm³/mol. The van der Waals surface area contributed by atoms with Crippen molar-refractivity contribution >= 4 is 5.95 Å². The molecule has 0 spiro atoms. The van der Waals surface area contributed by atoms with Crippen molar-refractivity contribution in [3.63, 3.8) is 0 Å². The third kappa shape index (κ3) is 1.83. The van der Waals surface area contributed by atoms with Crippen LogP contribution in [0.4, 0.5) is 14.7 Å². The van der Waals surface area contributed by atoms with Crippen LogP contribution in [0.15, 0.2) is 12.4 Å². The molecule has 7 heteroatoms. The molecule has 0 aromatic carbocycles. The topological polar surface area (TPSA) is 57.7 Å². The lowest BCUT2D eigenvalue weighted by Gasteiger charge is -2.39. The van der Waals surface area contributed by atoms with Crippen LogP contribution in [-0.4, -0.2) is 32.8 Å². The number of nitrogens with zero attached hydrogens (tertiary/aromatic N) is 4.